The summed E-state index contributed by atoms with van der Waals surface area (Å²) >= 11 is 0. The van der Waals surface area contributed by atoms with E-state index in [4.69, 9.17) is 5.73 Å². The molecule has 13 heavy (non-hydrogen) atoms. The Morgan fingerprint density at radius 3 is 2.85 bits per heavy atom. The first-order valence-electron chi connectivity index (χ1n) is 4.02. The van der Waals surface area contributed by atoms with Crippen LogP contribution in [0.2, 0.25) is 0 Å². The summed E-state index contributed by atoms with van der Waals surface area (Å²) in [5.41, 5.74) is 7.78. The Morgan fingerprint density at radius 2 is 2.08 bits per heavy atom. The zero-order valence-corrected chi connectivity index (χ0v) is 7.28. The zero-order valence-electron chi connectivity index (χ0n) is 7.28. The van der Waals surface area contributed by atoms with E-state index < -0.39 is 0 Å². The van der Waals surface area contributed by atoms with Gasteiger partial charge in [-0.15, -0.1) is 0 Å². The molecule has 2 rings (SSSR count). The molecule has 0 bridgehead atoms. The molecule has 2 aromatic rings. The van der Waals surface area contributed by atoms with E-state index in [0.717, 1.165) is 16.6 Å². The summed E-state index contributed by atoms with van der Waals surface area (Å²) in [6, 6.07) is 6.91. The Labute approximate surface area is 75.8 Å². The normalized spacial score (nSPS) is 10.5. The van der Waals surface area contributed by atoms with Crippen molar-refractivity contribution in [2.75, 3.05) is 5.73 Å². The quantitative estimate of drug-likeness (QED) is 0.599. The summed E-state index contributed by atoms with van der Waals surface area (Å²) in [5, 5.41) is 10.3. The fraction of sp³-hybridized carbons (Fsp3) is 0.100. The number of aryl methyl sites for hydroxylation is 1. The van der Waals surface area contributed by atoms with Gasteiger partial charge in [-0.25, -0.2) is 0 Å². The molecule has 0 radical (unpaired) electrons. The minimum absolute atomic E-state index is 0.252. The number of aromatic hydroxyl groups is 1. The van der Waals surface area contributed by atoms with Crippen LogP contribution in [0.5, 0.6) is 5.75 Å². The highest BCUT2D eigenvalue weighted by Gasteiger charge is 2.01. The van der Waals surface area contributed by atoms with Crippen LogP contribution < -0.4 is 5.73 Å². The molecule has 0 amide bonds. The Morgan fingerprint density at radius 1 is 1.31 bits per heavy atom. The molecular formula is C10H10N2O. The monoisotopic (exact) mass is 174 g/mol. The highest BCUT2D eigenvalue weighted by Crippen LogP contribution is 2.25. The maximum atomic E-state index is 9.56. The lowest BCUT2D eigenvalue weighted by Gasteiger charge is -2.02. The Hall–Kier alpha value is -1.77. The molecule has 0 aliphatic carbocycles. The van der Waals surface area contributed by atoms with Crippen LogP contribution in [-0.2, 0) is 0 Å². The molecule has 0 saturated heterocycles. The van der Waals surface area contributed by atoms with Gasteiger partial charge in [0.05, 0.1) is 5.52 Å². The van der Waals surface area contributed by atoms with Gasteiger partial charge in [-0.05, 0) is 25.1 Å². The molecule has 0 aliphatic heterocycles. The first-order chi connectivity index (χ1) is 6.16. The lowest BCUT2D eigenvalue weighted by atomic mass is 10.1. The largest absolute Gasteiger partial charge is 0.507 e. The van der Waals surface area contributed by atoms with Crippen molar-refractivity contribution in [3.05, 3.63) is 30.0 Å². The van der Waals surface area contributed by atoms with Crippen LogP contribution in [0.15, 0.2) is 24.3 Å². The molecule has 0 spiro atoms. The predicted octanol–water partition coefficient (Wildman–Crippen LogP) is 1.83. The second kappa shape index (κ2) is 2.62. The summed E-state index contributed by atoms with van der Waals surface area (Å²) in [6.07, 6.45) is 0. The predicted molar refractivity (Wildman–Crippen MR) is 52.6 cm³/mol. The highest BCUT2D eigenvalue weighted by atomic mass is 16.3. The zero-order chi connectivity index (χ0) is 9.42. The summed E-state index contributed by atoms with van der Waals surface area (Å²) in [6.45, 7) is 1.84. The number of aromatic nitrogens is 1. The summed E-state index contributed by atoms with van der Waals surface area (Å²) in [4.78, 5) is 4.26. The first kappa shape index (κ1) is 7.86. The number of nitrogens with zero attached hydrogens (tertiary/aromatic N) is 1. The summed E-state index contributed by atoms with van der Waals surface area (Å²) in [7, 11) is 0. The van der Waals surface area contributed by atoms with Crippen molar-refractivity contribution >= 4 is 16.6 Å². The van der Waals surface area contributed by atoms with Gasteiger partial charge in [0, 0.05) is 22.8 Å². The SMILES string of the molecule is Cc1cc(O)c2ccc(N)cc2n1. The van der Waals surface area contributed by atoms with Gasteiger partial charge in [0.1, 0.15) is 5.75 Å². The molecule has 3 N–H and O–H groups in total. The third kappa shape index (κ3) is 1.28. The number of fused-ring (bicyclic) bond motifs is 1. The second-order valence-electron chi connectivity index (χ2n) is 3.06. The van der Waals surface area contributed by atoms with Crippen LogP contribution in [-0.4, -0.2) is 10.1 Å². The van der Waals surface area contributed by atoms with Crippen LogP contribution in [0.1, 0.15) is 5.69 Å². The van der Waals surface area contributed by atoms with Crippen LogP contribution in [0, 0.1) is 6.92 Å². The van der Waals surface area contributed by atoms with Gasteiger partial charge >= 0.3 is 0 Å². The number of hydrogen-bond acceptors (Lipinski definition) is 3. The van der Waals surface area contributed by atoms with Crippen molar-refractivity contribution in [3.8, 4) is 5.75 Å². The molecule has 1 aromatic carbocycles. The summed E-state index contributed by atoms with van der Waals surface area (Å²) in [5.74, 6) is 0.252. The fourth-order valence-corrected chi connectivity index (χ4v) is 1.36. The summed E-state index contributed by atoms with van der Waals surface area (Å²) < 4.78 is 0. The first-order valence-corrected chi connectivity index (χ1v) is 4.02. The van der Waals surface area contributed by atoms with Crippen LogP contribution >= 0.6 is 0 Å². The van der Waals surface area contributed by atoms with E-state index in [1.165, 1.54) is 0 Å². The smallest absolute Gasteiger partial charge is 0.126 e. The molecular weight excluding hydrogens is 164 g/mol. The number of hydrogen-bond donors (Lipinski definition) is 2. The van der Waals surface area contributed by atoms with Gasteiger partial charge in [-0.3, -0.25) is 4.98 Å². The van der Waals surface area contributed by atoms with E-state index in [1.54, 1.807) is 24.3 Å². The second-order valence-corrected chi connectivity index (χ2v) is 3.06. The molecule has 0 unspecified atom stereocenters. The van der Waals surface area contributed by atoms with E-state index in [1.807, 2.05) is 6.92 Å². The van der Waals surface area contributed by atoms with E-state index in [-0.39, 0.29) is 5.75 Å². The average molecular weight is 174 g/mol. The molecule has 0 aliphatic rings. The van der Waals surface area contributed by atoms with Gasteiger partial charge in [0.25, 0.3) is 0 Å². The number of nitrogens with two attached hydrogens (primary N) is 1. The standard InChI is InChI=1S/C10H10N2O/c1-6-4-10(13)8-3-2-7(11)5-9(8)12-6/h2-5H,11H2,1H3,(H,12,13). The lowest BCUT2D eigenvalue weighted by molar-refractivity contribution is 0.480. The van der Waals surface area contributed by atoms with Crippen molar-refractivity contribution in [3.63, 3.8) is 0 Å². The molecule has 66 valence electrons. The topological polar surface area (TPSA) is 59.1 Å². The lowest BCUT2D eigenvalue weighted by Crippen LogP contribution is -1.88. The van der Waals surface area contributed by atoms with Gasteiger partial charge in [0.15, 0.2) is 0 Å². The van der Waals surface area contributed by atoms with Crippen molar-refractivity contribution in [2.24, 2.45) is 0 Å². The molecule has 0 fully saturated rings. The minimum atomic E-state index is 0.252. The maximum Gasteiger partial charge on any atom is 0.126 e. The van der Waals surface area contributed by atoms with Crippen LogP contribution in [0.3, 0.4) is 0 Å². The average Bonchev–Trinajstić information content (AvgIpc) is 2.02. The van der Waals surface area contributed by atoms with Gasteiger partial charge in [0.2, 0.25) is 0 Å². The minimum Gasteiger partial charge on any atom is -0.507 e. The van der Waals surface area contributed by atoms with Gasteiger partial charge in [-0.2, -0.15) is 0 Å². The number of anilines is 1. The van der Waals surface area contributed by atoms with E-state index in [2.05, 4.69) is 4.98 Å². The highest BCUT2D eigenvalue weighted by molar-refractivity contribution is 5.87. The molecule has 3 heteroatoms. The third-order valence-electron chi connectivity index (χ3n) is 1.94. The van der Waals surface area contributed by atoms with E-state index in [0.29, 0.717) is 5.69 Å². The van der Waals surface area contributed by atoms with Crippen molar-refractivity contribution in [2.45, 2.75) is 6.92 Å². The van der Waals surface area contributed by atoms with Crippen LogP contribution in [0.4, 0.5) is 5.69 Å². The Bertz CT molecular complexity index is 460. The Kier molecular flexibility index (Phi) is 1.59. The number of rotatable bonds is 0. The number of benzene rings is 1. The van der Waals surface area contributed by atoms with Crippen LogP contribution in [0.25, 0.3) is 10.9 Å². The Balaban J connectivity index is 2.86. The number of pyridine rings is 1. The fourth-order valence-electron chi connectivity index (χ4n) is 1.36. The maximum absolute atomic E-state index is 9.56. The third-order valence-corrected chi connectivity index (χ3v) is 1.94. The van der Waals surface area contributed by atoms with E-state index >= 15 is 0 Å². The van der Waals surface area contributed by atoms with E-state index in [9.17, 15) is 5.11 Å². The molecule has 3 nitrogen and oxygen atoms in total. The molecule has 0 saturated carbocycles. The van der Waals surface area contributed by atoms with Crippen molar-refractivity contribution < 1.29 is 5.11 Å². The van der Waals surface area contributed by atoms with Crippen molar-refractivity contribution in [1.29, 1.82) is 0 Å². The van der Waals surface area contributed by atoms with Gasteiger partial charge < -0.3 is 10.8 Å². The molecule has 0 atom stereocenters. The van der Waals surface area contributed by atoms with Gasteiger partial charge in [-0.1, -0.05) is 0 Å². The molecule has 1 heterocycles. The number of nitrogen functional groups attached to an aromatic ring is 1. The van der Waals surface area contributed by atoms with Crippen molar-refractivity contribution in [1.82, 2.24) is 4.98 Å². The molecule has 1 aromatic heterocycles.